The van der Waals surface area contributed by atoms with Crippen molar-refractivity contribution in [3.05, 3.63) is 66.6 Å². The number of nitrogens with zero attached hydrogens (tertiary/aromatic N) is 1. The number of benzene rings is 2. The Labute approximate surface area is 132 Å². The molecular formula is C17H14FN3O2. The molecule has 0 unspecified atom stereocenters. The van der Waals surface area contributed by atoms with E-state index in [2.05, 4.69) is 15.5 Å². The minimum absolute atomic E-state index is 0.153. The quantitative estimate of drug-likeness (QED) is 0.760. The molecule has 3 aromatic rings. The summed E-state index contributed by atoms with van der Waals surface area (Å²) in [5.41, 5.74) is 2.44. The first kappa shape index (κ1) is 14.8. The third-order valence-electron chi connectivity index (χ3n) is 3.14. The summed E-state index contributed by atoms with van der Waals surface area (Å²) in [6.07, 6.45) is 1.66. The lowest BCUT2D eigenvalue weighted by molar-refractivity contribution is -0.118. The van der Waals surface area contributed by atoms with E-state index < -0.39 is 0 Å². The lowest BCUT2D eigenvalue weighted by Gasteiger charge is -2.08. The van der Waals surface area contributed by atoms with Crippen LogP contribution in [0.5, 0.6) is 5.75 Å². The monoisotopic (exact) mass is 311 g/mol. The van der Waals surface area contributed by atoms with E-state index in [1.165, 1.54) is 24.3 Å². The van der Waals surface area contributed by atoms with Gasteiger partial charge < -0.3 is 10.1 Å². The van der Waals surface area contributed by atoms with E-state index in [-0.39, 0.29) is 18.3 Å². The molecule has 1 aromatic heterocycles. The van der Waals surface area contributed by atoms with E-state index in [1.807, 2.05) is 24.3 Å². The van der Waals surface area contributed by atoms with E-state index in [0.29, 0.717) is 11.4 Å². The van der Waals surface area contributed by atoms with E-state index in [1.54, 1.807) is 12.3 Å². The molecule has 23 heavy (non-hydrogen) atoms. The fourth-order valence-corrected chi connectivity index (χ4v) is 2.06. The molecule has 3 rings (SSSR count). The van der Waals surface area contributed by atoms with E-state index in [0.717, 1.165) is 11.3 Å². The third-order valence-corrected chi connectivity index (χ3v) is 3.14. The number of hydrogen-bond donors (Lipinski definition) is 2. The van der Waals surface area contributed by atoms with Crippen LogP contribution in [0.25, 0.3) is 11.3 Å². The average molecular weight is 311 g/mol. The molecule has 0 bridgehead atoms. The normalized spacial score (nSPS) is 10.3. The zero-order chi connectivity index (χ0) is 16.1. The SMILES string of the molecule is O=C(COc1ccc(F)cc1)Nc1cccc(-c2ccn[nH]2)c1. The maximum absolute atomic E-state index is 12.8. The van der Waals surface area contributed by atoms with E-state index in [4.69, 9.17) is 4.74 Å². The number of ether oxygens (including phenoxy) is 1. The number of halogens is 1. The maximum Gasteiger partial charge on any atom is 0.262 e. The minimum Gasteiger partial charge on any atom is -0.484 e. The van der Waals surface area contributed by atoms with Crippen LogP contribution in [0.15, 0.2) is 60.8 Å². The number of amides is 1. The second kappa shape index (κ2) is 6.74. The third kappa shape index (κ3) is 3.94. The highest BCUT2D eigenvalue weighted by Crippen LogP contribution is 2.20. The van der Waals surface area contributed by atoms with Gasteiger partial charge in [0.1, 0.15) is 11.6 Å². The Hall–Kier alpha value is -3.15. The minimum atomic E-state index is -0.350. The van der Waals surface area contributed by atoms with Gasteiger partial charge in [0.2, 0.25) is 0 Å². The van der Waals surface area contributed by atoms with Gasteiger partial charge in [0.25, 0.3) is 5.91 Å². The molecule has 1 amide bonds. The summed E-state index contributed by atoms with van der Waals surface area (Å²) in [7, 11) is 0. The van der Waals surface area contributed by atoms with Crippen molar-refractivity contribution in [2.45, 2.75) is 0 Å². The Kier molecular flexibility index (Phi) is 4.33. The molecule has 5 nitrogen and oxygen atoms in total. The van der Waals surface area contributed by atoms with Gasteiger partial charge in [-0.1, -0.05) is 12.1 Å². The molecule has 0 saturated heterocycles. The number of carbonyl (C=O) groups is 1. The number of aromatic amines is 1. The van der Waals surface area contributed by atoms with Crippen LogP contribution >= 0.6 is 0 Å². The van der Waals surface area contributed by atoms with Gasteiger partial charge >= 0.3 is 0 Å². The molecule has 0 spiro atoms. The fraction of sp³-hybridized carbons (Fsp3) is 0.0588. The highest BCUT2D eigenvalue weighted by atomic mass is 19.1. The van der Waals surface area contributed by atoms with Crippen molar-refractivity contribution in [3.63, 3.8) is 0 Å². The average Bonchev–Trinajstić information content (AvgIpc) is 3.09. The van der Waals surface area contributed by atoms with E-state index >= 15 is 0 Å². The van der Waals surface area contributed by atoms with Crippen LogP contribution in [0.2, 0.25) is 0 Å². The highest BCUT2D eigenvalue weighted by molar-refractivity contribution is 5.92. The predicted molar refractivity (Wildman–Crippen MR) is 84.5 cm³/mol. The number of anilines is 1. The van der Waals surface area contributed by atoms with Gasteiger partial charge in [-0.15, -0.1) is 0 Å². The van der Waals surface area contributed by atoms with Gasteiger partial charge in [0.15, 0.2) is 6.61 Å². The first-order valence-corrected chi connectivity index (χ1v) is 6.99. The van der Waals surface area contributed by atoms with E-state index in [9.17, 15) is 9.18 Å². The lowest BCUT2D eigenvalue weighted by atomic mass is 10.1. The van der Waals surface area contributed by atoms with Crippen LogP contribution in [-0.2, 0) is 4.79 Å². The summed E-state index contributed by atoms with van der Waals surface area (Å²) in [5, 5.41) is 9.52. The Morgan fingerprint density at radius 3 is 2.74 bits per heavy atom. The van der Waals surface area contributed by atoms with Crippen molar-refractivity contribution in [2.75, 3.05) is 11.9 Å². The van der Waals surface area contributed by atoms with Gasteiger partial charge in [-0.3, -0.25) is 9.89 Å². The second-order valence-corrected chi connectivity index (χ2v) is 4.84. The summed E-state index contributed by atoms with van der Waals surface area (Å²) >= 11 is 0. The van der Waals surface area contributed by atoms with Crippen molar-refractivity contribution >= 4 is 11.6 Å². The van der Waals surface area contributed by atoms with Crippen molar-refractivity contribution in [1.29, 1.82) is 0 Å². The van der Waals surface area contributed by atoms with Crippen LogP contribution in [0, 0.1) is 5.82 Å². The first-order chi connectivity index (χ1) is 11.2. The lowest BCUT2D eigenvalue weighted by Crippen LogP contribution is -2.20. The maximum atomic E-state index is 12.8. The van der Waals surface area contributed by atoms with Crippen LogP contribution in [0.4, 0.5) is 10.1 Å². The molecule has 1 heterocycles. The Morgan fingerprint density at radius 2 is 2.00 bits per heavy atom. The number of H-pyrrole nitrogens is 1. The predicted octanol–water partition coefficient (Wildman–Crippen LogP) is 3.23. The summed E-state index contributed by atoms with van der Waals surface area (Å²) in [5.74, 6) is -0.207. The Bertz CT molecular complexity index is 786. The van der Waals surface area contributed by atoms with Gasteiger partial charge in [-0.05, 0) is 42.5 Å². The van der Waals surface area contributed by atoms with Crippen LogP contribution in [0.1, 0.15) is 0 Å². The van der Waals surface area contributed by atoms with Gasteiger partial charge in [0.05, 0.1) is 5.69 Å². The summed E-state index contributed by atoms with van der Waals surface area (Å²) in [6.45, 7) is -0.153. The van der Waals surface area contributed by atoms with Crippen molar-refractivity contribution < 1.29 is 13.9 Å². The number of rotatable bonds is 5. The molecule has 0 aliphatic carbocycles. The summed E-state index contributed by atoms with van der Waals surface area (Å²) < 4.78 is 18.1. The second-order valence-electron chi connectivity index (χ2n) is 4.84. The van der Waals surface area contributed by atoms with Crippen LogP contribution < -0.4 is 10.1 Å². The molecular weight excluding hydrogens is 297 g/mol. The molecule has 2 aromatic carbocycles. The van der Waals surface area contributed by atoms with Crippen molar-refractivity contribution in [3.8, 4) is 17.0 Å². The molecule has 0 aliphatic rings. The smallest absolute Gasteiger partial charge is 0.262 e. The zero-order valence-electron chi connectivity index (χ0n) is 12.1. The molecule has 0 aliphatic heterocycles. The number of hydrogen-bond acceptors (Lipinski definition) is 3. The number of carbonyl (C=O) groups excluding carboxylic acids is 1. The fourth-order valence-electron chi connectivity index (χ4n) is 2.06. The highest BCUT2D eigenvalue weighted by Gasteiger charge is 2.06. The Morgan fingerprint density at radius 1 is 1.17 bits per heavy atom. The largest absolute Gasteiger partial charge is 0.484 e. The molecule has 116 valence electrons. The molecule has 0 fully saturated rings. The zero-order valence-corrected chi connectivity index (χ0v) is 12.1. The van der Waals surface area contributed by atoms with Crippen LogP contribution in [-0.4, -0.2) is 22.7 Å². The molecule has 0 saturated carbocycles. The van der Waals surface area contributed by atoms with Crippen molar-refractivity contribution in [1.82, 2.24) is 10.2 Å². The van der Waals surface area contributed by atoms with Crippen LogP contribution in [0.3, 0.4) is 0 Å². The standard InChI is InChI=1S/C17H14FN3O2/c18-13-4-6-15(7-5-13)23-11-17(22)20-14-3-1-2-12(10-14)16-8-9-19-21-16/h1-10H,11H2,(H,19,21)(H,20,22). The van der Waals surface area contributed by atoms with Gasteiger partial charge in [0, 0.05) is 17.4 Å². The summed E-state index contributed by atoms with van der Waals surface area (Å²) in [4.78, 5) is 11.9. The van der Waals surface area contributed by atoms with Gasteiger partial charge in [-0.25, -0.2) is 4.39 Å². The number of aromatic nitrogens is 2. The topological polar surface area (TPSA) is 67.0 Å². The first-order valence-electron chi connectivity index (χ1n) is 6.99. The van der Waals surface area contributed by atoms with Crippen molar-refractivity contribution in [2.24, 2.45) is 0 Å². The Balaban J connectivity index is 1.59. The molecule has 2 N–H and O–H groups in total. The number of nitrogens with one attached hydrogen (secondary N) is 2. The molecule has 0 radical (unpaired) electrons. The molecule has 6 heteroatoms. The van der Waals surface area contributed by atoms with Gasteiger partial charge in [-0.2, -0.15) is 5.10 Å². The summed E-state index contributed by atoms with van der Waals surface area (Å²) in [6, 6.07) is 14.7. The molecule has 0 atom stereocenters.